The van der Waals surface area contributed by atoms with Crippen LogP contribution < -0.4 is 0 Å². The summed E-state index contributed by atoms with van der Waals surface area (Å²) in [4.78, 5) is 0. The lowest BCUT2D eigenvalue weighted by atomic mass is 10.0. The number of rotatable bonds is 2. The maximum Gasteiger partial charge on any atom is 0.126 e. The molecular formula is C7H13FO. The lowest BCUT2D eigenvalue weighted by molar-refractivity contribution is 0.128. The minimum atomic E-state index is -0.951. The van der Waals surface area contributed by atoms with Crippen LogP contribution in [-0.2, 0) is 0 Å². The van der Waals surface area contributed by atoms with Gasteiger partial charge in [-0.1, -0.05) is 12.8 Å². The first-order valence-corrected chi connectivity index (χ1v) is 3.59. The monoisotopic (exact) mass is 132 g/mol. The highest BCUT2D eigenvalue weighted by Crippen LogP contribution is 2.28. The van der Waals surface area contributed by atoms with Crippen molar-refractivity contribution in [1.29, 1.82) is 0 Å². The molecule has 0 aromatic rings. The third-order valence-electron chi connectivity index (χ3n) is 2.09. The number of hydrogen-bond acceptors (Lipinski definition) is 1. The number of alkyl halides is 1. The molecule has 1 nitrogen and oxygen atoms in total. The van der Waals surface area contributed by atoms with Gasteiger partial charge in [0.1, 0.15) is 6.17 Å². The minimum Gasteiger partial charge on any atom is -0.393 e. The maximum atomic E-state index is 12.6. The molecule has 1 aliphatic rings. The summed E-state index contributed by atoms with van der Waals surface area (Å²) in [7, 11) is 0. The van der Waals surface area contributed by atoms with Crippen molar-refractivity contribution in [2.75, 3.05) is 6.61 Å². The zero-order valence-electron chi connectivity index (χ0n) is 5.52. The number of aliphatic hydroxyl groups excluding tert-OH is 1. The zero-order valence-corrected chi connectivity index (χ0v) is 5.52. The molecule has 1 atom stereocenters. The standard InChI is InChI=1S/C7H13FO/c8-7(5-9)6-3-1-2-4-6/h6-7,9H,1-5H2/t7-/m0/s1. The van der Waals surface area contributed by atoms with Crippen molar-refractivity contribution in [3.8, 4) is 0 Å². The molecule has 0 unspecified atom stereocenters. The fourth-order valence-corrected chi connectivity index (χ4v) is 1.47. The second kappa shape index (κ2) is 3.16. The van der Waals surface area contributed by atoms with Gasteiger partial charge >= 0.3 is 0 Å². The van der Waals surface area contributed by atoms with Crippen LogP contribution in [-0.4, -0.2) is 17.9 Å². The van der Waals surface area contributed by atoms with Gasteiger partial charge in [0, 0.05) is 0 Å². The van der Waals surface area contributed by atoms with Gasteiger partial charge in [0.2, 0.25) is 0 Å². The molecule has 1 fully saturated rings. The van der Waals surface area contributed by atoms with Crippen molar-refractivity contribution in [2.45, 2.75) is 31.9 Å². The fourth-order valence-electron chi connectivity index (χ4n) is 1.47. The summed E-state index contributed by atoms with van der Waals surface area (Å²) in [5.41, 5.74) is 0. The molecule has 1 aliphatic carbocycles. The summed E-state index contributed by atoms with van der Waals surface area (Å²) >= 11 is 0. The van der Waals surface area contributed by atoms with Crippen LogP contribution in [0.5, 0.6) is 0 Å². The SMILES string of the molecule is OC[C@H](F)C1CCCC1. The third-order valence-corrected chi connectivity index (χ3v) is 2.09. The average molecular weight is 132 g/mol. The minimum absolute atomic E-state index is 0.162. The van der Waals surface area contributed by atoms with E-state index in [-0.39, 0.29) is 12.5 Å². The predicted molar refractivity (Wildman–Crippen MR) is 33.9 cm³/mol. The van der Waals surface area contributed by atoms with Crippen molar-refractivity contribution in [1.82, 2.24) is 0 Å². The van der Waals surface area contributed by atoms with E-state index >= 15 is 0 Å². The fraction of sp³-hybridized carbons (Fsp3) is 1.00. The second-order valence-electron chi connectivity index (χ2n) is 2.74. The normalized spacial score (nSPS) is 24.7. The van der Waals surface area contributed by atoms with Gasteiger partial charge in [-0.05, 0) is 18.8 Å². The average Bonchev–Trinajstić information content (AvgIpc) is 2.37. The van der Waals surface area contributed by atoms with Gasteiger partial charge in [-0.15, -0.1) is 0 Å². The summed E-state index contributed by atoms with van der Waals surface area (Å²) in [6, 6.07) is 0. The van der Waals surface area contributed by atoms with E-state index in [4.69, 9.17) is 5.11 Å². The Balaban J connectivity index is 2.24. The van der Waals surface area contributed by atoms with Gasteiger partial charge in [-0.2, -0.15) is 0 Å². The molecule has 0 saturated heterocycles. The number of halogens is 1. The largest absolute Gasteiger partial charge is 0.393 e. The van der Waals surface area contributed by atoms with E-state index in [1.165, 1.54) is 0 Å². The van der Waals surface area contributed by atoms with Crippen LogP contribution in [0, 0.1) is 5.92 Å². The van der Waals surface area contributed by atoms with Crippen LogP contribution in [0.1, 0.15) is 25.7 Å². The Kier molecular flexibility index (Phi) is 2.46. The Morgan fingerprint density at radius 1 is 1.44 bits per heavy atom. The van der Waals surface area contributed by atoms with E-state index in [0.29, 0.717) is 0 Å². The summed E-state index contributed by atoms with van der Waals surface area (Å²) < 4.78 is 12.6. The number of aliphatic hydroxyl groups is 1. The Labute approximate surface area is 54.9 Å². The van der Waals surface area contributed by atoms with Crippen molar-refractivity contribution in [3.63, 3.8) is 0 Å². The lowest BCUT2D eigenvalue weighted by Gasteiger charge is -2.10. The molecule has 1 N–H and O–H groups in total. The number of hydrogen-bond donors (Lipinski definition) is 1. The molecule has 1 rings (SSSR count). The van der Waals surface area contributed by atoms with E-state index in [1.54, 1.807) is 0 Å². The first kappa shape index (κ1) is 7.00. The molecule has 0 heterocycles. The maximum absolute atomic E-state index is 12.6. The topological polar surface area (TPSA) is 20.2 Å². The molecule has 54 valence electrons. The Morgan fingerprint density at radius 2 is 2.00 bits per heavy atom. The first-order valence-electron chi connectivity index (χ1n) is 3.59. The van der Waals surface area contributed by atoms with Crippen molar-refractivity contribution < 1.29 is 9.50 Å². The van der Waals surface area contributed by atoms with E-state index in [1.807, 2.05) is 0 Å². The molecule has 0 aromatic carbocycles. The van der Waals surface area contributed by atoms with Crippen LogP contribution in [0.2, 0.25) is 0 Å². The van der Waals surface area contributed by atoms with E-state index < -0.39 is 6.17 Å². The van der Waals surface area contributed by atoms with Gasteiger partial charge in [-0.25, -0.2) is 4.39 Å². The zero-order chi connectivity index (χ0) is 6.69. The van der Waals surface area contributed by atoms with Crippen molar-refractivity contribution >= 4 is 0 Å². The molecule has 0 bridgehead atoms. The molecule has 0 spiro atoms. The second-order valence-corrected chi connectivity index (χ2v) is 2.74. The van der Waals surface area contributed by atoms with Gasteiger partial charge in [0.25, 0.3) is 0 Å². The van der Waals surface area contributed by atoms with Crippen molar-refractivity contribution in [2.24, 2.45) is 5.92 Å². The van der Waals surface area contributed by atoms with E-state index in [9.17, 15) is 4.39 Å². The van der Waals surface area contributed by atoms with Crippen LogP contribution in [0.3, 0.4) is 0 Å². The molecule has 0 radical (unpaired) electrons. The first-order chi connectivity index (χ1) is 4.34. The highest BCUT2D eigenvalue weighted by Gasteiger charge is 2.23. The molecular weight excluding hydrogens is 119 g/mol. The van der Waals surface area contributed by atoms with Crippen LogP contribution in [0.4, 0.5) is 4.39 Å². The Hall–Kier alpha value is -0.110. The van der Waals surface area contributed by atoms with Crippen LogP contribution >= 0.6 is 0 Å². The Bertz CT molecular complexity index is 79.0. The molecule has 9 heavy (non-hydrogen) atoms. The molecule has 0 amide bonds. The summed E-state index contributed by atoms with van der Waals surface area (Å²) in [5, 5.41) is 8.42. The molecule has 0 aliphatic heterocycles. The lowest BCUT2D eigenvalue weighted by Crippen LogP contribution is -2.16. The van der Waals surface area contributed by atoms with E-state index in [0.717, 1.165) is 25.7 Å². The molecule has 1 saturated carbocycles. The molecule has 0 aromatic heterocycles. The predicted octanol–water partition coefficient (Wildman–Crippen LogP) is 1.51. The van der Waals surface area contributed by atoms with Gasteiger partial charge < -0.3 is 5.11 Å². The molecule has 2 heteroatoms. The van der Waals surface area contributed by atoms with Crippen LogP contribution in [0.25, 0.3) is 0 Å². The Morgan fingerprint density at radius 3 is 2.44 bits per heavy atom. The van der Waals surface area contributed by atoms with Gasteiger partial charge in [0.15, 0.2) is 0 Å². The van der Waals surface area contributed by atoms with Gasteiger partial charge in [0.05, 0.1) is 6.61 Å². The van der Waals surface area contributed by atoms with E-state index in [2.05, 4.69) is 0 Å². The highest BCUT2D eigenvalue weighted by atomic mass is 19.1. The van der Waals surface area contributed by atoms with Crippen molar-refractivity contribution in [3.05, 3.63) is 0 Å². The third kappa shape index (κ3) is 1.65. The smallest absolute Gasteiger partial charge is 0.126 e. The quantitative estimate of drug-likeness (QED) is 0.603. The summed E-state index contributed by atoms with van der Waals surface area (Å²) in [6.07, 6.45) is 3.28. The summed E-state index contributed by atoms with van der Waals surface area (Å²) in [6.45, 7) is -0.287. The highest BCUT2D eigenvalue weighted by molar-refractivity contribution is 4.73. The van der Waals surface area contributed by atoms with Crippen LogP contribution in [0.15, 0.2) is 0 Å². The summed E-state index contributed by atoms with van der Waals surface area (Å²) in [5.74, 6) is 0.162. The van der Waals surface area contributed by atoms with Gasteiger partial charge in [-0.3, -0.25) is 0 Å².